The number of hydrogen-bond donors (Lipinski definition) is 1. The molecule has 0 bridgehead atoms. The average molecular weight is 269 g/mol. The van der Waals surface area contributed by atoms with Crippen LogP contribution in [0, 0.1) is 0 Å². The number of nitrogens with zero attached hydrogens (tertiary/aromatic N) is 1. The molecule has 0 atom stereocenters. The standard InChI is InChI=1S/C9H10NO.C5H5.Fe/c11-10-9-6-2-4-7-3-1-5-8(7)9;1-2-4-5-3-1;/h1,3,5,11H,2,4,6H2;1-5H;/q-1;-5;/b10-9-;;. The topological polar surface area (TPSA) is 32.6 Å². The average Bonchev–Trinajstić information content (AvgIpc) is 3.01. The first-order valence-electron chi connectivity index (χ1n) is 5.54. The van der Waals surface area contributed by atoms with Crippen LogP contribution in [0.4, 0.5) is 0 Å². The molecule has 1 aliphatic carbocycles. The minimum absolute atomic E-state index is 0. The Morgan fingerprint density at radius 3 is 2.35 bits per heavy atom. The summed E-state index contributed by atoms with van der Waals surface area (Å²) >= 11 is 0. The van der Waals surface area contributed by atoms with Gasteiger partial charge >= 0.3 is 0 Å². The van der Waals surface area contributed by atoms with Crippen molar-refractivity contribution in [1.29, 1.82) is 0 Å². The molecule has 0 fully saturated rings. The van der Waals surface area contributed by atoms with Crippen molar-refractivity contribution in [2.45, 2.75) is 19.3 Å². The Kier molecular flexibility index (Phi) is 5.74. The van der Waals surface area contributed by atoms with Crippen LogP contribution in [0.25, 0.3) is 0 Å². The molecule has 0 spiro atoms. The van der Waals surface area contributed by atoms with Crippen molar-refractivity contribution < 1.29 is 22.3 Å². The smallest absolute Gasteiger partial charge is 0.0322 e. The van der Waals surface area contributed by atoms with Crippen LogP contribution in [-0.2, 0) is 23.5 Å². The molecule has 2 aromatic carbocycles. The van der Waals surface area contributed by atoms with E-state index < -0.39 is 0 Å². The van der Waals surface area contributed by atoms with Gasteiger partial charge in [0.15, 0.2) is 0 Å². The SMILES string of the molecule is O/N=C1/CCCc2ccc[c-]21.[Fe].[cH-]1[cH-][cH-][cH-][cH-]1. The van der Waals surface area contributed by atoms with Gasteiger partial charge < -0.3 is 35.5 Å². The van der Waals surface area contributed by atoms with Crippen LogP contribution in [0.1, 0.15) is 24.0 Å². The predicted molar refractivity (Wildman–Crippen MR) is 65.3 cm³/mol. The van der Waals surface area contributed by atoms with E-state index in [1.54, 1.807) is 0 Å². The Morgan fingerprint density at radius 1 is 1.12 bits per heavy atom. The second-order valence-electron chi connectivity index (χ2n) is 3.83. The normalized spacial score (nSPS) is 15.4. The first kappa shape index (κ1) is 13.8. The number of oxime groups is 1. The van der Waals surface area contributed by atoms with Crippen molar-refractivity contribution in [3.8, 4) is 0 Å². The van der Waals surface area contributed by atoms with Crippen molar-refractivity contribution in [3.63, 3.8) is 0 Å². The Labute approximate surface area is 112 Å². The van der Waals surface area contributed by atoms with E-state index in [1.807, 2.05) is 42.5 Å². The first-order chi connectivity index (χ1) is 7.92. The van der Waals surface area contributed by atoms with E-state index in [-0.39, 0.29) is 17.1 Å². The Bertz CT molecular complexity index is 425. The molecule has 1 N–H and O–H groups in total. The van der Waals surface area contributed by atoms with Crippen LogP contribution in [0.3, 0.4) is 0 Å². The van der Waals surface area contributed by atoms with Crippen LogP contribution in [0.2, 0.25) is 0 Å². The van der Waals surface area contributed by atoms with Gasteiger partial charge in [0.1, 0.15) is 0 Å². The number of aryl methyl sites for hydroxylation is 1. The number of fused-ring (bicyclic) bond motifs is 1. The van der Waals surface area contributed by atoms with E-state index >= 15 is 0 Å². The molecule has 0 unspecified atom stereocenters. The van der Waals surface area contributed by atoms with E-state index in [4.69, 9.17) is 5.21 Å². The van der Waals surface area contributed by atoms with Gasteiger partial charge in [-0.1, -0.05) is 6.42 Å². The van der Waals surface area contributed by atoms with Crippen LogP contribution in [0.15, 0.2) is 53.7 Å². The quantitative estimate of drug-likeness (QED) is 0.338. The van der Waals surface area contributed by atoms with Crippen molar-refractivity contribution >= 4 is 5.71 Å². The molecule has 0 saturated carbocycles. The summed E-state index contributed by atoms with van der Waals surface area (Å²) in [5.74, 6) is 0. The van der Waals surface area contributed by atoms with Gasteiger partial charge in [0.25, 0.3) is 0 Å². The first-order valence-corrected chi connectivity index (χ1v) is 5.54. The van der Waals surface area contributed by atoms with E-state index in [9.17, 15) is 0 Å². The van der Waals surface area contributed by atoms with Gasteiger partial charge in [-0.05, 0) is 12.8 Å². The van der Waals surface area contributed by atoms with Crippen LogP contribution in [0.5, 0.6) is 0 Å². The summed E-state index contributed by atoms with van der Waals surface area (Å²) < 4.78 is 0. The Balaban J connectivity index is 0.000000205. The third-order valence-corrected chi connectivity index (χ3v) is 2.75. The van der Waals surface area contributed by atoms with Crippen molar-refractivity contribution in [2.24, 2.45) is 5.16 Å². The molecule has 0 saturated heterocycles. The summed E-state index contributed by atoms with van der Waals surface area (Å²) in [6, 6.07) is 16.1. The minimum atomic E-state index is 0. The maximum absolute atomic E-state index is 8.64. The van der Waals surface area contributed by atoms with E-state index in [1.165, 1.54) is 5.56 Å². The van der Waals surface area contributed by atoms with Crippen LogP contribution < -0.4 is 0 Å². The molecule has 3 heteroatoms. The van der Waals surface area contributed by atoms with Gasteiger partial charge in [0.05, 0.1) is 0 Å². The van der Waals surface area contributed by atoms with Gasteiger partial charge in [-0.25, -0.2) is 12.1 Å². The fraction of sp³-hybridized carbons (Fsp3) is 0.214. The monoisotopic (exact) mass is 269 g/mol. The molecule has 2 nitrogen and oxygen atoms in total. The summed E-state index contributed by atoms with van der Waals surface area (Å²) in [4.78, 5) is 0. The third kappa shape index (κ3) is 3.58. The summed E-state index contributed by atoms with van der Waals surface area (Å²) in [5.41, 5.74) is 3.30. The van der Waals surface area contributed by atoms with Crippen molar-refractivity contribution in [1.82, 2.24) is 0 Å². The maximum Gasteiger partial charge on any atom is 0.0322 e. The second kappa shape index (κ2) is 7.10. The molecule has 96 valence electrons. The van der Waals surface area contributed by atoms with Gasteiger partial charge in [-0.2, -0.15) is 11.6 Å². The van der Waals surface area contributed by atoms with Crippen molar-refractivity contribution in [2.75, 3.05) is 0 Å². The zero-order chi connectivity index (χ0) is 11.2. The fourth-order valence-corrected chi connectivity index (χ4v) is 1.96. The van der Waals surface area contributed by atoms with E-state index in [0.29, 0.717) is 0 Å². The van der Waals surface area contributed by atoms with E-state index in [2.05, 4.69) is 11.2 Å². The molecule has 2 aromatic rings. The Morgan fingerprint density at radius 2 is 1.76 bits per heavy atom. The number of rotatable bonds is 0. The Hall–Kier alpha value is -1.31. The van der Waals surface area contributed by atoms with Gasteiger partial charge in [0, 0.05) is 22.8 Å². The van der Waals surface area contributed by atoms with Crippen molar-refractivity contribution in [3.05, 3.63) is 59.7 Å². The molecule has 3 rings (SSSR count). The second-order valence-corrected chi connectivity index (χ2v) is 3.83. The maximum atomic E-state index is 8.64. The molecule has 0 amide bonds. The molecule has 17 heavy (non-hydrogen) atoms. The predicted octanol–water partition coefficient (Wildman–Crippen LogP) is 3.32. The fourth-order valence-electron chi connectivity index (χ4n) is 1.96. The molecule has 0 heterocycles. The molecule has 0 aromatic heterocycles. The zero-order valence-electron chi connectivity index (χ0n) is 9.49. The summed E-state index contributed by atoms with van der Waals surface area (Å²) in [7, 11) is 0. The summed E-state index contributed by atoms with van der Waals surface area (Å²) in [5, 5.41) is 11.9. The molecule has 1 aliphatic rings. The summed E-state index contributed by atoms with van der Waals surface area (Å²) in [6.45, 7) is 0. The van der Waals surface area contributed by atoms with Gasteiger partial charge in [-0.15, -0.1) is 10.7 Å². The number of hydrogen-bond acceptors (Lipinski definition) is 2. The van der Waals surface area contributed by atoms with Gasteiger partial charge in [0.2, 0.25) is 0 Å². The zero-order valence-corrected chi connectivity index (χ0v) is 10.6. The largest absolute Gasteiger partial charge is 0.748 e. The van der Waals surface area contributed by atoms with Gasteiger partial charge in [-0.3, -0.25) is 0 Å². The van der Waals surface area contributed by atoms with E-state index in [0.717, 1.165) is 30.5 Å². The molecular weight excluding hydrogens is 254 g/mol. The van der Waals surface area contributed by atoms with Crippen LogP contribution >= 0.6 is 0 Å². The van der Waals surface area contributed by atoms with Crippen LogP contribution in [-0.4, -0.2) is 10.9 Å². The minimum Gasteiger partial charge on any atom is -0.748 e. The molecule has 0 aliphatic heterocycles. The summed E-state index contributed by atoms with van der Waals surface area (Å²) in [6.07, 6.45) is 3.14. The third-order valence-electron chi connectivity index (χ3n) is 2.75. The molecular formula is C14H15FeNO-6. The molecule has 0 radical (unpaired) electrons.